The molecular formula is C24H42N6O12P2. The largest absolute Gasteiger partial charge is 0.480 e. The van der Waals surface area contributed by atoms with Crippen LogP contribution in [0.15, 0.2) is 11.1 Å². The highest BCUT2D eigenvalue weighted by atomic mass is 31.3. The number of nitrogens with one attached hydrogen (secondary N) is 2. The van der Waals surface area contributed by atoms with Crippen molar-refractivity contribution in [3.63, 3.8) is 0 Å². The van der Waals surface area contributed by atoms with Crippen molar-refractivity contribution in [2.45, 2.75) is 90.4 Å². The van der Waals surface area contributed by atoms with Gasteiger partial charge >= 0.3 is 21.5 Å². The molecule has 1 fully saturated rings. The number of rotatable bonds is 18. The predicted octanol–water partition coefficient (Wildman–Crippen LogP) is 1.73. The number of phosphoric acid groups is 1. The van der Waals surface area contributed by atoms with Gasteiger partial charge in [0, 0.05) is 0 Å². The summed E-state index contributed by atoms with van der Waals surface area (Å²) in [5, 5.41) is 23.4. The molecule has 1 aliphatic heterocycles. The summed E-state index contributed by atoms with van der Waals surface area (Å²) in [6.45, 7) is 6.30. The van der Waals surface area contributed by atoms with Crippen LogP contribution in [0.25, 0.3) is 11.2 Å². The molecule has 0 amide bonds. The van der Waals surface area contributed by atoms with Crippen LogP contribution in [0.5, 0.6) is 0 Å². The summed E-state index contributed by atoms with van der Waals surface area (Å²) >= 11 is 0. The number of aromatic amines is 1. The molecule has 2 unspecified atom stereocenters. The summed E-state index contributed by atoms with van der Waals surface area (Å²) < 4.78 is 53.4. The Hall–Kier alpha value is -2.24. The number of H-pyrrole nitrogens is 1. The average Bonchev–Trinajstić information content (AvgIpc) is 3.49. The molecule has 0 aliphatic carbocycles. The first kappa shape index (κ1) is 36.2. The summed E-state index contributed by atoms with van der Waals surface area (Å²) in [4.78, 5) is 45.2. The van der Waals surface area contributed by atoms with Crippen molar-refractivity contribution in [2.75, 3.05) is 25.6 Å². The van der Waals surface area contributed by atoms with Crippen molar-refractivity contribution < 1.29 is 51.9 Å². The number of carbonyl (C=O) groups is 1. The number of nitrogens with zero attached hydrogens (tertiary/aromatic N) is 3. The second-order valence-electron chi connectivity index (χ2n) is 10.4. The zero-order chi connectivity index (χ0) is 32.7. The first-order valence-corrected chi connectivity index (χ1v) is 17.4. The Bertz CT molecular complexity index is 1400. The SMILES string of the molecule is CCCOP(=O)(N[C@@H](C)C(=O)OCC(CCC)CCC)OP(=O)(O)OC[C@H]1O[C@@H](n2cnc3c(=O)[nH]c(N)nc32)[C@H](O)[C@@H]1O. The summed E-state index contributed by atoms with van der Waals surface area (Å²) in [6, 6.07) is -1.24. The van der Waals surface area contributed by atoms with Gasteiger partial charge in [-0.05, 0) is 32.1 Å². The van der Waals surface area contributed by atoms with Crippen LogP contribution in [0.1, 0.15) is 66.0 Å². The Labute approximate surface area is 253 Å². The Morgan fingerprint density at radius 3 is 2.50 bits per heavy atom. The molecule has 0 aromatic carbocycles. The minimum absolute atomic E-state index is 0.0424. The molecule has 3 heterocycles. The van der Waals surface area contributed by atoms with Crippen molar-refractivity contribution in [2.24, 2.45) is 5.92 Å². The number of nitrogens with two attached hydrogens (primary N) is 1. The third kappa shape index (κ3) is 9.39. The molecule has 250 valence electrons. The molecule has 0 radical (unpaired) electrons. The Morgan fingerprint density at radius 1 is 1.18 bits per heavy atom. The van der Waals surface area contributed by atoms with Gasteiger partial charge in [0.25, 0.3) is 5.56 Å². The first-order chi connectivity index (χ1) is 20.7. The molecule has 0 spiro atoms. The maximum atomic E-state index is 13.4. The van der Waals surface area contributed by atoms with Gasteiger partial charge in [-0.1, -0.05) is 33.6 Å². The zero-order valence-electron chi connectivity index (χ0n) is 25.0. The van der Waals surface area contributed by atoms with E-state index in [9.17, 15) is 33.8 Å². The van der Waals surface area contributed by atoms with Crippen LogP contribution in [0.2, 0.25) is 0 Å². The number of esters is 1. The van der Waals surface area contributed by atoms with Crippen LogP contribution in [-0.4, -0.2) is 84.8 Å². The van der Waals surface area contributed by atoms with Gasteiger partial charge in [-0.25, -0.2) is 19.2 Å². The maximum absolute atomic E-state index is 13.4. The molecule has 2 aromatic heterocycles. The summed E-state index contributed by atoms with van der Waals surface area (Å²) in [7, 11) is -9.81. The second-order valence-corrected chi connectivity index (χ2v) is 13.8. The van der Waals surface area contributed by atoms with Crippen molar-refractivity contribution in [1.29, 1.82) is 0 Å². The molecule has 20 heteroatoms. The number of anilines is 1. The lowest BCUT2D eigenvalue weighted by Crippen LogP contribution is -2.35. The maximum Gasteiger partial charge on any atom is 0.480 e. The number of aliphatic hydroxyl groups excluding tert-OH is 2. The zero-order valence-corrected chi connectivity index (χ0v) is 26.8. The van der Waals surface area contributed by atoms with Gasteiger partial charge in [-0.3, -0.25) is 28.2 Å². The lowest BCUT2D eigenvalue weighted by Gasteiger charge is -2.25. The highest BCUT2D eigenvalue weighted by Gasteiger charge is 2.46. The number of phosphoric ester groups is 1. The monoisotopic (exact) mass is 668 g/mol. The number of hydrogen-bond acceptors (Lipinski definition) is 14. The summed E-state index contributed by atoms with van der Waals surface area (Å²) in [5.41, 5.74) is 4.81. The summed E-state index contributed by atoms with van der Waals surface area (Å²) in [5.74, 6) is -0.811. The van der Waals surface area contributed by atoms with E-state index in [2.05, 4.69) is 20.0 Å². The van der Waals surface area contributed by atoms with Crippen LogP contribution < -0.4 is 16.4 Å². The number of ether oxygens (including phenoxy) is 2. The predicted molar refractivity (Wildman–Crippen MR) is 156 cm³/mol. The topological polar surface area (TPSA) is 260 Å². The van der Waals surface area contributed by atoms with Gasteiger partial charge in [-0.2, -0.15) is 9.29 Å². The number of carbonyl (C=O) groups excluding carboxylic acids is 1. The van der Waals surface area contributed by atoms with Crippen molar-refractivity contribution in [3.05, 3.63) is 16.7 Å². The molecule has 2 aromatic rings. The van der Waals surface area contributed by atoms with Gasteiger partial charge in [0.1, 0.15) is 24.4 Å². The van der Waals surface area contributed by atoms with Crippen molar-refractivity contribution >= 4 is 38.7 Å². The van der Waals surface area contributed by atoms with Crippen LogP contribution in [0.3, 0.4) is 0 Å². The molecular weight excluding hydrogens is 626 g/mol. The molecule has 44 heavy (non-hydrogen) atoms. The normalized spacial score (nSPS) is 23.9. The Kier molecular flexibility index (Phi) is 13.1. The highest BCUT2D eigenvalue weighted by molar-refractivity contribution is 7.63. The number of fused-ring (bicyclic) bond motifs is 1. The standard InChI is InChI=1S/C24H42N6O12P2/c1-5-8-15(9-6-2)11-38-23(34)14(4)29-43(35,39-10-7-3)42-44(36,37)40-12-16-18(31)19(32)22(41-16)30-13-26-17-20(30)27-24(25)28-21(17)33/h13-16,18-19,22,31-32H,5-12H2,1-4H3,(H,29,35)(H,36,37)(H3,25,27,28,33)/t14-,16+,18+,19+,22+,43?/m0/s1. The third-order valence-electron chi connectivity index (χ3n) is 6.70. The van der Waals surface area contributed by atoms with Gasteiger partial charge < -0.3 is 30.3 Å². The first-order valence-electron chi connectivity index (χ1n) is 14.4. The number of nitrogen functional groups attached to an aromatic ring is 1. The molecule has 18 nitrogen and oxygen atoms in total. The molecule has 1 saturated heterocycles. The van der Waals surface area contributed by atoms with E-state index in [1.165, 1.54) is 6.92 Å². The van der Waals surface area contributed by atoms with E-state index in [-0.39, 0.29) is 36.2 Å². The van der Waals surface area contributed by atoms with E-state index in [4.69, 9.17) is 28.6 Å². The fraction of sp³-hybridized carbons (Fsp3) is 0.750. The molecule has 1 aliphatic rings. The molecule has 7 N–H and O–H groups in total. The van der Waals surface area contributed by atoms with E-state index in [1.807, 2.05) is 13.8 Å². The Balaban J connectivity index is 1.64. The van der Waals surface area contributed by atoms with Crippen LogP contribution in [0, 0.1) is 5.92 Å². The van der Waals surface area contributed by atoms with Gasteiger partial charge in [0.05, 0.1) is 26.1 Å². The van der Waals surface area contributed by atoms with E-state index < -0.39 is 64.3 Å². The fourth-order valence-corrected chi connectivity index (χ4v) is 7.66. The quantitative estimate of drug-likeness (QED) is 0.0976. The van der Waals surface area contributed by atoms with Crippen LogP contribution in [-0.2, 0) is 36.8 Å². The minimum Gasteiger partial charge on any atom is -0.464 e. The van der Waals surface area contributed by atoms with Gasteiger partial charge in [-0.15, -0.1) is 0 Å². The van der Waals surface area contributed by atoms with E-state index in [0.29, 0.717) is 6.42 Å². The Morgan fingerprint density at radius 2 is 1.86 bits per heavy atom. The van der Waals surface area contributed by atoms with Gasteiger partial charge in [0.2, 0.25) is 5.95 Å². The smallest absolute Gasteiger partial charge is 0.464 e. The molecule has 0 saturated carbocycles. The third-order valence-corrected chi connectivity index (χ3v) is 10.1. The number of hydrogen-bond donors (Lipinski definition) is 6. The van der Waals surface area contributed by atoms with Crippen LogP contribution in [0.4, 0.5) is 5.95 Å². The van der Waals surface area contributed by atoms with Crippen molar-refractivity contribution in [1.82, 2.24) is 24.6 Å². The lowest BCUT2D eigenvalue weighted by atomic mass is 9.99. The lowest BCUT2D eigenvalue weighted by molar-refractivity contribution is -0.146. The van der Waals surface area contributed by atoms with E-state index in [1.54, 1.807) is 6.92 Å². The fourth-order valence-electron chi connectivity index (χ4n) is 4.59. The van der Waals surface area contributed by atoms with Crippen LogP contribution >= 0.6 is 15.6 Å². The average molecular weight is 669 g/mol. The van der Waals surface area contributed by atoms with E-state index in [0.717, 1.165) is 36.6 Å². The molecule has 0 bridgehead atoms. The minimum atomic E-state index is -5.19. The number of aliphatic hydroxyl groups is 2. The van der Waals surface area contributed by atoms with E-state index >= 15 is 0 Å². The number of aromatic nitrogens is 4. The second kappa shape index (κ2) is 15.9. The van der Waals surface area contributed by atoms with Gasteiger partial charge in [0.15, 0.2) is 17.4 Å². The summed E-state index contributed by atoms with van der Waals surface area (Å²) in [6.07, 6.45) is -0.891. The highest BCUT2D eigenvalue weighted by Crippen LogP contribution is 2.61. The molecule has 7 atom stereocenters. The van der Waals surface area contributed by atoms with Crippen molar-refractivity contribution in [3.8, 4) is 0 Å². The molecule has 3 rings (SSSR count). The number of imidazole rings is 1.